The van der Waals surface area contributed by atoms with Crippen molar-refractivity contribution in [1.82, 2.24) is 10.7 Å². The molecule has 0 fully saturated rings. The predicted molar refractivity (Wildman–Crippen MR) is 130 cm³/mol. The molecule has 0 spiro atoms. The maximum absolute atomic E-state index is 12.3. The summed E-state index contributed by atoms with van der Waals surface area (Å²) in [6.07, 6.45) is 1.39. The first-order valence-corrected chi connectivity index (χ1v) is 11.1. The van der Waals surface area contributed by atoms with Gasteiger partial charge in [0.05, 0.1) is 45.2 Å². The summed E-state index contributed by atoms with van der Waals surface area (Å²) < 4.78 is 26.4. The van der Waals surface area contributed by atoms with Gasteiger partial charge in [-0.25, -0.2) is 10.2 Å². The van der Waals surface area contributed by atoms with E-state index in [0.29, 0.717) is 45.2 Å². The van der Waals surface area contributed by atoms with E-state index in [9.17, 15) is 14.4 Å². The number of hydrogen-bond donors (Lipinski definition) is 2. The smallest absolute Gasteiger partial charge is 0.343 e. The lowest BCUT2D eigenvalue weighted by atomic mass is 10.2. The molecule has 0 aliphatic carbocycles. The van der Waals surface area contributed by atoms with Gasteiger partial charge >= 0.3 is 5.97 Å². The summed E-state index contributed by atoms with van der Waals surface area (Å²) in [5, 5.41) is 6.40. The van der Waals surface area contributed by atoms with E-state index in [-0.39, 0.29) is 13.2 Å². The number of hydrazone groups is 1. The summed E-state index contributed by atoms with van der Waals surface area (Å²) in [6.45, 7) is 1.58. The maximum Gasteiger partial charge on any atom is 0.343 e. The van der Waals surface area contributed by atoms with Crippen molar-refractivity contribution in [3.05, 3.63) is 45.9 Å². The summed E-state index contributed by atoms with van der Waals surface area (Å²) in [6, 6.07) is 7.97. The average Bonchev–Trinajstić information content (AvgIpc) is 2.86. The molecule has 0 aliphatic heterocycles. The van der Waals surface area contributed by atoms with Crippen LogP contribution in [0.15, 0.2) is 39.9 Å². The highest BCUT2D eigenvalue weighted by Gasteiger charge is 2.14. The minimum Gasteiger partial charge on any atom is -0.493 e. The molecule has 0 saturated heterocycles. The highest BCUT2D eigenvalue weighted by Crippen LogP contribution is 2.36. The van der Waals surface area contributed by atoms with Gasteiger partial charge < -0.3 is 29.0 Å². The monoisotopic (exact) mass is 551 g/mol. The highest BCUT2D eigenvalue weighted by molar-refractivity contribution is 9.10. The first kappa shape index (κ1) is 27.4. The molecule has 2 aromatic rings. The van der Waals surface area contributed by atoms with Crippen LogP contribution in [-0.2, 0) is 14.3 Å². The molecular weight excluding hydrogens is 526 g/mol. The Kier molecular flexibility index (Phi) is 10.8. The van der Waals surface area contributed by atoms with Gasteiger partial charge in [0.1, 0.15) is 0 Å². The lowest BCUT2D eigenvalue weighted by Crippen LogP contribution is -2.34. The van der Waals surface area contributed by atoms with Crippen LogP contribution in [0.25, 0.3) is 0 Å². The summed E-state index contributed by atoms with van der Waals surface area (Å²) in [5.74, 6) is 0.0601. The van der Waals surface area contributed by atoms with Gasteiger partial charge in [0, 0.05) is 5.56 Å². The second-order valence-electron chi connectivity index (χ2n) is 6.67. The molecule has 12 heteroatoms. The van der Waals surface area contributed by atoms with Crippen LogP contribution in [0.4, 0.5) is 0 Å². The van der Waals surface area contributed by atoms with E-state index in [4.69, 9.17) is 18.9 Å². The zero-order chi connectivity index (χ0) is 25.8. The lowest BCUT2D eigenvalue weighted by molar-refractivity contribution is -0.143. The fourth-order valence-corrected chi connectivity index (χ4v) is 3.29. The molecule has 0 atom stereocenters. The van der Waals surface area contributed by atoms with Gasteiger partial charge in [-0.1, -0.05) is 0 Å². The lowest BCUT2D eigenvalue weighted by Gasteiger charge is -2.13. The molecule has 0 bridgehead atoms. The van der Waals surface area contributed by atoms with Crippen LogP contribution in [0.3, 0.4) is 0 Å². The normalized spacial score (nSPS) is 10.4. The van der Waals surface area contributed by atoms with E-state index >= 15 is 0 Å². The van der Waals surface area contributed by atoms with Gasteiger partial charge in [-0.2, -0.15) is 5.10 Å². The van der Waals surface area contributed by atoms with Crippen molar-refractivity contribution in [3.63, 3.8) is 0 Å². The third-order valence-electron chi connectivity index (χ3n) is 4.35. The van der Waals surface area contributed by atoms with Crippen molar-refractivity contribution in [2.24, 2.45) is 5.10 Å². The van der Waals surface area contributed by atoms with Crippen LogP contribution < -0.4 is 29.7 Å². The molecule has 0 aromatic heterocycles. The van der Waals surface area contributed by atoms with E-state index in [1.54, 1.807) is 31.2 Å². The Balaban J connectivity index is 1.96. The minimum atomic E-state index is -0.536. The number of nitrogens with one attached hydrogen (secondary N) is 2. The maximum atomic E-state index is 12.3. The van der Waals surface area contributed by atoms with Gasteiger partial charge in [-0.15, -0.1) is 0 Å². The zero-order valence-electron chi connectivity index (χ0n) is 19.7. The topological polar surface area (TPSA) is 134 Å². The molecule has 0 radical (unpaired) electrons. The molecule has 0 aliphatic rings. The second kappa shape index (κ2) is 13.8. The summed E-state index contributed by atoms with van der Waals surface area (Å²) in [7, 11) is 4.22. The largest absolute Gasteiger partial charge is 0.493 e. The molecule has 2 N–H and O–H groups in total. The molecule has 2 rings (SSSR count). The molecule has 2 amide bonds. The number of ether oxygens (including phenoxy) is 5. The molecule has 0 saturated carbocycles. The molecule has 0 heterocycles. The summed E-state index contributed by atoms with van der Waals surface area (Å²) >= 11 is 3.37. The number of hydrogen-bond acceptors (Lipinski definition) is 9. The van der Waals surface area contributed by atoms with Crippen molar-refractivity contribution in [1.29, 1.82) is 0 Å². The number of amides is 2. The van der Waals surface area contributed by atoms with Gasteiger partial charge in [0.2, 0.25) is 0 Å². The standard InChI is InChI=1S/C23H26BrN3O8/c1-5-34-19-9-14(8-16(24)22(19)35-13-21(29)33-4)11-26-27-20(28)12-25-23(30)15-6-7-17(31-2)18(10-15)32-3/h6-11H,5,12-13H2,1-4H3,(H,25,30)(H,27,28). The number of carbonyl (C=O) groups is 3. The minimum absolute atomic E-state index is 0.284. The van der Waals surface area contributed by atoms with Crippen molar-refractivity contribution < 1.29 is 38.1 Å². The molecule has 35 heavy (non-hydrogen) atoms. The Hall–Kier alpha value is -3.80. The molecule has 188 valence electrons. The number of rotatable bonds is 12. The van der Waals surface area contributed by atoms with E-state index in [1.807, 2.05) is 0 Å². The van der Waals surface area contributed by atoms with Gasteiger partial charge in [0.15, 0.2) is 29.6 Å². The Morgan fingerprint density at radius 1 is 1.00 bits per heavy atom. The third-order valence-corrected chi connectivity index (χ3v) is 4.94. The van der Waals surface area contributed by atoms with E-state index in [2.05, 4.69) is 36.5 Å². The first-order valence-electron chi connectivity index (χ1n) is 10.3. The number of benzene rings is 2. The van der Waals surface area contributed by atoms with Crippen molar-refractivity contribution in [2.45, 2.75) is 6.92 Å². The van der Waals surface area contributed by atoms with Crippen molar-refractivity contribution >= 4 is 39.9 Å². The average molecular weight is 552 g/mol. The number of esters is 1. The van der Waals surface area contributed by atoms with Crippen LogP contribution in [0.5, 0.6) is 23.0 Å². The zero-order valence-corrected chi connectivity index (χ0v) is 21.3. The molecule has 0 unspecified atom stereocenters. The van der Waals surface area contributed by atoms with Crippen LogP contribution in [0.1, 0.15) is 22.8 Å². The first-order chi connectivity index (χ1) is 16.8. The number of nitrogens with zero attached hydrogens (tertiary/aromatic N) is 1. The third kappa shape index (κ3) is 8.18. The Bertz CT molecular complexity index is 1090. The Labute approximate surface area is 210 Å². The quantitative estimate of drug-likeness (QED) is 0.233. The van der Waals surface area contributed by atoms with E-state index in [0.717, 1.165) is 0 Å². The van der Waals surface area contributed by atoms with Gasteiger partial charge in [0.25, 0.3) is 11.8 Å². The number of halogens is 1. The summed E-state index contributed by atoms with van der Waals surface area (Å²) in [4.78, 5) is 35.8. The van der Waals surface area contributed by atoms with E-state index < -0.39 is 17.8 Å². The highest BCUT2D eigenvalue weighted by atomic mass is 79.9. The van der Waals surface area contributed by atoms with E-state index in [1.165, 1.54) is 33.6 Å². The van der Waals surface area contributed by atoms with Crippen LogP contribution in [-0.4, -0.2) is 65.1 Å². The SMILES string of the molecule is CCOc1cc(C=NNC(=O)CNC(=O)c2ccc(OC)c(OC)c2)cc(Br)c1OCC(=O)OC. The Morgan fingerprint density at radius 3 is 2.40 bits per heavy atom. The molecular formula is C23H26BrN3O8. The van der Waals surface area contributed by atoms with Gasteiger partial charge in [-0.3, -0.25) is 9.59 Å². The number of carbonyl (C=O) groups excluding carboxylic acids is 3. The molecule has 11 nitrogen and oxygen atoms in total. The van der Waals surface area contributed by atoms with Gasteiger partial charge in [-0.05, 0) is 58.7 Å². The fraction of sp³-hybridized carbons (Fsp3) is 0.304. The number of methoxy groups -OCH3 is 3. The molecule has 2 aromatic carbocycles. The fourth-order valence-electron chi connectivity index (χ4n) is 2.71. The summed E-state index contributed by atoms with van der Waals surface area (Å²) in [5.41, 5.74) is 3.23. The second-order valence-corrected chi connectivity index (χ2v) is 7.53. The van der Waals surface area contributed by atoms with Crippen molar-refractivity contribution in [3.8, 4) is 23.0 Å². The van der Waals surface area contributed by atoms with Crippen molar-refractivity contribution in [2.75, 3.05) is 41.1 Å². The van der Waals surface area contributed by atoms with Crippen LogP contribution in [0.2, 0.25) is 0 Å². The predicted octanol–water partition coefficient (Wildman–Crippen LogP) is 2.30. The Morgan fingerprint density at radius 2 is 1.74 bits per heavy atom. The van der Waals surface area contributed by atoms with Crippen LogP contribution in [0, 0.1) is 0 Å². The van der Waals surface area contributed by atoms with Crippen LogP contribution >= 0.6 is 15.9 Å².